The minimum Gasteiger partial charge on any atom is -0.496 e. The van der Waals surface area contributed by atoms with Gasteiger partial charge < -0.3 is 14.5 Å². The highest BCUT2D eigenvalue weighted by Crippen LogP contribution is 2.31. The number of amides is 1. The van der Waals surface area contributed by atoms with Gasteiger partial charge in [0.15, 0.2) is 5.58 Å². The Balaban J connectivity index is 1.37. The molecule has 2 heterocycles. The number of carbonyl (C=O) groups excluding carboxylic acids is 1. The summed E-state index contributed by atoms with van der Waals surface area (Å²) in [6.07, 6.45) is 4.16. The SMILES string of the molecule is COc1ccccc1[C@H](CNC(=O)CCCn1c(=O)oc2cc([N+](=O)[O-])ccc21)N1CCCCC1. The summed E-state index contributed by atoms with van der Waals surface area (Å²) in [6, 6.07) is 12.0. The molecule has 0 spiro atoms. The van der Waals surface area contributed by atoms with Gasteiger partial charge in [0.1, 0.15) is 5.75 Å². The molecule has 1 amide bonds. The zero-order valence-electron chi connectivity index (χ0n) is 19.8. The number of aromatic nitrogens is 1. The number of para-hydroxylation sites is 1. The molecule has 186 valence electrons. The topological polar surface area (TPSA) is 120 Å². The average Bonchev–Trinajstić information content (AvgIpc) is 3.19. The van der Waals surface area contributed by atoms with E-state index in [1.807, 2.05) is 24.3 Å². The van der Waals surface area contributed by atoms with Crippen LogP contribution in [0.25, 0.3) is 11.1 Å². The van der Waals surface area contributed by atoms with E-state index < -0.39 is 10.7 Å². The summed E-state index contributed by atoms with van der Waals surface area (Å²) in [5.41, 5.74) is 1.55. The van der Waals surface area contributed by atoms with Crippen molar-refractivity contribution in [3.63, 3.8) is 0 Å². The first-order valence-electron chi connectivity index (χ1n) is 11.9. The summed E-state index contributed by atoms with van der Waals surface area (Å²) in [5, 5.41) is 14.0. The molecule has 10 nitrogen and oxygen atoms in total. The quantitative estimate of drug-likeness (QED) is 0.346. The Bertz CT molecular complexity index is 1240. The number of hydrogen-bond acceptors (Lipinski definition) is 7. The minimum absolute atomic E-state index is 0.0200. The highest BCUT2D eigenvalue weighted by molar-refractivity contribution is 5.76. The Morgan fingerprint density at radius 3 is 2.71 bits per heavy atom. The van der Waals surface area contributed by atoms with Crippen LogP contribution in [-0.4, -0.2) is 47.0 Å². The van der Waals surface area contributed by atoms with Crippen molar-refractivity contribution in [1.29, 1.82) is 0 Å². The fraction of sp³-hybridized carbons (Fsp3) is 0.440. The normalized spacial score (nSPS) is 15.1. The number of likely N-dealkylation sites (tertiary alicyclic amines) is 1. The number of oxazole rings is 1. The first kappa shape index (κ1) is 24.5. The number of nitrogens with zero attached hydrogens (tertiary/aromatic N) is 3. The minimum atomic E-state index is -0.595. The third kappa shape index (κ3) is 5.71. The van der Waals surface area contributed by atoms with Crippen molar-refractivity contribution in [2.75, 3.05) is 26.7 Å². The molecule has 35 heavy (non-hydrogen) atoms. The number of methoxy groups -OCH3 is 1. The number of non-ortho nitro benzene ring substituents is 1. The van der Waals surface area contributed by atoms with Crippen molar-refractivity contribution in [3.8, 4) is 5.75 Å². The van der Waals surface area contributed by atoms with Gasteiger partial charge in [0, 0.05) is 31.1 Å². The number of nitro groups is 1. The van der Waals surface area contributed by atoms with Crippen LogP contribution < -0.4 is 15.8 Å². The number of rotatable bonds is 10. The molecule has 1 aliphatic rings. The number of ether oxygens (including phenoxy) is 1. The van der Waals surface area contributed by atoms with Crippen molar-refractivity contribution < 1.29 is 18.9 Å². The third-order valence-corrected chi connectivity index (χ3v) is 6.47. The zero-order chi connectivity index (χ0) is 24.8. The number of hydrogen-bond donors (Lipinski definition) is 1. The van der Waals surface area contributed by atoms with Crippen LogP contribution in [0.3, 0.4) is 0 Å². The maximum Gasteiger partial charge on any atom is 0.419 e. The molecule has 2 aromatic carbocycles. The molecule has 3 aromatic rings. The maximum absolute atomic E-state index is 12.7. The van der Waals surface area contributed by atoms with Gasteiger partial charge in [0.2, 0.25) is 5.91 Å². The van der Waals surface area contributed by atoms with Crippen LogP contribution in [0.1, 0.15) is 43.7 Å². The van der Waals surface area contributed by atoms with Crippen molar-refractivity contribution in [3.05, 3.63) is 68.7 Å². The van der Waals surface area contributed by atoms with Crippen molar-refractivity contribution in [2.45, 2.75) is 44.7 Å². The van der Waals surface area contributed by atoms with Crippen LogP contribution in [-0.2, 0) is 11.3 Å². The van der Waals surface area contributed by atoms with E-state index in [1.165, 1.54) is 29.2 Å². The molecular formula is C25H30N4O6. The highest BCUT2D eigenvalue weighted by Gasteiger charge is 2.25. The molecule has 0 bridgehead atoms. The summed E-state index contributed by atoms with van der Waals surface area (Å²) in [5.74, 6) is 0.115. The molecule has 1 fully saturated rings. The summed E-state index contributed by atoms with van der Waals surface area (Å²) in [7, 11) is 1.66. The molecule has 0 saturated carbocycles. The summed E-state index contributed by atoms with van der Waals surface area (Å²) < 4.78 is 12.1. The molecule has 1 aromatic heterocycles. The fourth-order valence-electron chi connectivity index (χ4n) is 4.68. The molecule has 1 aliphatic heterocycles. The van der Waals surface area contributed by atoms with E-state index in [4.69, 9.17) is 9.15 Å². The number of piperidine rings is 1. The van der Waals surface area contributed by atoms with Crippen LogP contribution in [0.15, 0.2) is 51.7 Å². The van der Waals surface area contributed by atoms with Crippen molar-refractivity contribution in [2.24, 2.45) is 0 Å². The predicted octanol–water partition coefficient (Wildman–Crippen LogP) is 3.63. The predicted molar refractivity (Wildman–Crippen MR) is 131 cm³/mol. The Hall–Kier alpha value is -3.66. The van der Waals surface area contributed by atoms with E-state index >= 15 is 0 Å². The van der Waals surface area contributed by atoms with Gasteiger partial charge in [0.25, 0.3) is 5.69 Å². The van der Waals surface area contributed by atoms with Gasteiger partial charge in [-0.1, -0.05) is 24.6 Å². The van der Waals surface area contributed by atoms with Crippen LogP contribution in [0.4, 0.5) is 5.69 Å². The largest absolute Gasteiger partial charge is 0.496 e. The Morgan fingerprint density at radius 2 is 1.97 bits per heavy atom. The molecule has 1 saturated heterocycles. The average molecular weight is 483 g/mol. The van der Waals surface area contributed by atoms with Gasteiger partial charge in [0.05, 0.1) is 29.7 Å². The Labute approximate surface area is 202 Å². The molecule has 1 atom stereocenters. The van der Waals surface area contributed by atoms with E-state index in [0.717, 1.165) is 37.2 Å². The Morgan fingerprint density at radius 1 is 1.20 bits per heavy atom. The maximum atomic E-state index is 12.7. The molecule has 0 aliphatic carbocycles. The van der Waals surface area contributed by atoms with Crippen LogP contribution in [0, 0.1) is 10.1 Å². The molecule has 0 radical (unpaired) electrons. The van der Waals surface area contributed by atoms with Gasteiger partial charge >= 0.3 is 5.76 Å². The highest BCUT2D eigenvalue weighted by atomic mass is 16.6. The lowest BCUT2D eigenvalue weighted by atomic mass is 10.0. The molecule has 1 N–H and O–H groups in total. The first-order chi connectivity index (χ1) is 17.0. The van der Waals surface area contributed by atoms with E-state index in [9.17, 15) is 19.7 Å². The lowest BCUT2D eigenvalue weighted by Gasteiger charge is -2.35. The number of nitro benzene ring substituents is 1. The lowest BCUT2D eigenvalue weighted by Crippen LogP contribution is -2.40. The zero-order valence-corrected chi connectivity index (χ0v) is 19.8. The van der Waals surface area contributed by atoms with Gasteiger partial charge in [-0.2, -0.15) is 0 Å². The van der Waals surface area contributed by atoms with E-state index in [2.05, 4.69) is 10.2 Å². The van der Waals surface area contributed by atoms with Crippen LogP contribution >= 0.6 is 0 Å². The summed E-state index contributed by atoms with van der Waals surface area (Å²) in [6.45, 7) is 2.71. The second-order valence-electron chi connectivity index (χ2n) is 8.69. The smallest absolute Gasteiger partial charge is 0.419 e. The van der Waals surface area contributed by atoms with Gasteiger partial charge in [-0.15, -0.1) is 0 Å². The number of carbonyl (C=O) groups is 1. The molecule has 0 unspecified atom stereocenters. The van der Waals surface area contributed by atoms with Crippen LogP contribution in [0.5, 0.6) is 5.75 Å². The second-order valence-corrected chi connectivity index (χ2v) is 8.69. The number of benzene rings is 2. The van der Waals surface area contributed by atoms with E-state index in [1.54, 1.807) is 7.11 Å². The van der Waals surface area contributed by atoms with Gasteiger partial charge in [-0.3, -0.25) is 24.4 Å². The monoisotopic (exact) mass is 482 g/mol. The first-order valence-corrected chi connectivity index (χ1v) is 11.9. The number of fused-ring (bicyclic) bond motifs is 1. The van der Waals surface area contributed by atoms with E-state index in [-0.39, 0.29) is 36.2 Å². The molecule has 4 rings (SSSR count). The van der Waals surface area contributed by atoms with Crippen LogP contribution in [0.2, 0.25) is 0 Å². The van der Waals surface area contributed by atoms with Crippen molar-refractivity contribution >= 4 is 22.7 Å². The third-order valence-electron chi connectivity index (χ3n) is 6.47. The van der Waals surface area contributed by atoms with E-state index in [0.29, 0.717) is 18.5 Å². The van der Waals surface area contributed by atoms with Gasteiger partial charge in [-0.05, 0) is 44.5 Å². The lowest BCUT2D eigenvalue weighted by molar-refractivity contribution is -0.384. The Kier molecular flexibility index (Phi) is 7.81. The molecule has 10 heteroatoms. The van der Waals surface area contributed by atoms with Crippen molar-refractivity contribution in [1.82, 2.24) is 14.8 Å². The van der Waals surface area contributed by atoms with Gasteiger partial charge in [-0.25, -0.2) is 4.79 Å². The number of nitrogens with one attached hydrogen (secondary N) is 1. The summed E-state index contributed by atoms with van der Waals surface area (Å²) >= 11 is 0. The standard InChI is InChI=1S/C25H30N4O6/c1-34-22-9-4-3-8-19(22)21(27-13-5-2-6-14-27)17-26-24(30)10-7-15-28-20-12-11-18(29(32)33)16-23(20)35-25(28)31/h3-4,8-9,11-12,16,21H,2,5-7,10,13-15,17H2,1H3,(H,26,30)/t21-/m0/s1. The molecular weight excluding hydrogens is 452 g/mol. The fourth-order valence-corrected chi connectivity index (χ4v) is 4.68. The second kappa shape index (κ2) is 11.2. The number of aryl methyl sites for hydroxylation is 1. The summed E-state index contributed by atoms with van der Waals surface area (Å²) in [4.78, 5) is 37.7.